The number of hydrogen-bond acceptors (Lipinski definition) is 4. The molecule has 1 aromatic heterocycles. The molecule has 0 spiro atoms. The number of hydrogen-bond donors (Lipinski definition) is 3. The largest absolute Gasteiger partial charge is 0.508 e. The zero-order valence-corrected chi connectivity index (χ0v) is 17.8. The van der Waals surface area contributed by atoms with E-state index in [4.69, 9.17) is 4.74 Å². The molecular weight excluding hydrogens is 434 g/mol. The van der Waals surface area contributed by atoms with Gasteiger partial charge in [0.2, 0.25) is 5.91 Å². The fourth-order valence-corrected chi connectivity index (χ4v) is 4.40. The third-order valence-corrected chi connectivity index (χ3v) is 5.85. The highest BCUT2D eigenvalue weighted by molar-refractivity contribution is 9.10. The van der Waals surface area contributed by atoms with E-state index in [0.717, 1.165) is 27.7 Å². The first kappa shape index (κ1) is 19.9. The summed E-state index contributed by atoms with van der Waals surface area (Å²) in [5.74, 6) is 0.221. The number of aromatic hydroxyl groups is 1. The molecule has 29 heavy (non-hydrogen) atoms. The van der Waals surface area contributed by atoms with Crippen LogP contribution < -0.4 is 5.32 Å². The summed E-state index contributed by atoms with van der Waals surface area (Å²) in [4.78, 5) is 18.5. The first-order chi connectivity index (χ1) is 14.1. The number of rotatable bonds is 6. The van der Waals surface area contributed by atoms with Crippen molar-refractivity contribution in [3.8, 4) is 5.75 Å². The summed E-state index contributed by atoms with van der Waals surface area (Å²) in [6.07, 6.45) is 0.783. The van der Waals surface area contributed by atoms with E-state index in [2.05, 4.69) is 38.4 Å². The van der Waals surface area contributed by atoms with Gasteiger partial charge in [0.1, 0.15) is 5.75 Å². The van der Waals surface area contributed by atoms with Crippen LogP contribution >= 0.6 is 15.9 Å². The Balaban J connectivity index is 1.73. The van der Waals surface area contributed by atoms with E-state index >= 15 is 0 Å². The van der Waals surface area contributed by atoms with E-state index < -0.39 is 0 Å². The third-order valence-electron chi connectivity index (χ3n) is 5.35. The number of carbonyl (C=O) groups excluding carboxylic acids is 1. The van der Waals surface area contributed by atoms with Crippen molar-refractivity contribution in [1.82, 2.24) is 15.2 Å². The minimum atomic E-state index is -0.270. The fourth-order valence-electron chi connectivity index (χ4n) is 4.04. The van der Waals surface area contributed by atoms with Crippen LogP contribution in [0.1, 0.15) is 22.9 Å². The second kappa shape index (κ2) is 8.57. The average molecular weight is 458 g/mol. The number of ether oxygens (including phenoxy) is 1. The highest BCUT2D eigenvalue weighted by atomic mass is 79.9. The van der Waals surface area contributed by atoms with Crippen molar-refractivity contribution in [2.45, 2.75) is 12.5 Å². The Hall–Kier alpha value is -2.35. The molecule has 7 heteroatoms. The van der Waals surface area contributed by atoms with Crippen molar-refractivity contribution in [2.75, 3.05) is 33.4 Å². The number of nitrogens with one attached hydrogen (secondary N) is 2. The first-order valence-corrected chi connectivity index (χ1v) is 10.5. The van der Waals surface area contributed by atoms with Gasteiger partial charge in [-0.05, 0) is 47.9 Å². The van der Waals surface area contributed by atoms with Gasteiger partial charge in [-0.3, -0.25) is 4.79 Å². The molecule has 0 bridgehead atoms. The normalized spacial score (nSPS) is 16.2. The second-order valence-corrected chi connectivity index (χ2v) is 8.13. The number of methoxy groups -OCH3 is 1. The van der Waals surface area contributed by atoms with Gasteiger partial charge in [-0.1, -0.05) is 28.1 Å². The van der Waals surface area contributed by atoms with Crippen LogP contribution in [0.2, 0.25) is 0 Å². The maximum Gasteiger partial charge on any atom is 0.237 e. The molecule has 3 N–H and O–H groups in total. The SMILES string of the molecule is COCCNCC(=O)N1CCc2c([nH]c3ccc(Br)cc23)C1c1cccc(O)c1. The summed E-state index contributed by atoms with van der Waals surface area (Å²) in [6.45, 7) is 2.06. The van der Waals surface area contributed by atoms with Gasteiger partial charge in [0.05, 0.1) is 19.2 Å². The lowest BCUT2D eigenvalue weighted by Gasteiger charge is -2.36. The van der Waals surface area contributed by atoms with Crippen LogP contribution in [0.4, 0.5) is 0 Å². The van der Waals surface area contributed by atoms with Crippen LogP contribution in [0.3, 0.4) is 0 Å². The number of halogens is 1. The Morgan fingerprint density at radius 3 is 3.00 bits per heavy atom. The summed E-state index contributed by atoms with van der Waals surface area (Å²) in [6, 6.07) is 13.1. The molecule has 0 saturated carbocycles. The number of phenolic OH excluding ortho intramolecular Hbond substituents is 1. The molecule has 0 aliphatic carbocycles. The van der Waals surface area contributed by atoms with E-state index in [9.17, 15) is 9.90 Å². The summed E-state index contributed by atoms with van der Waals surface area (Å²) < 4.78 is 6.07. The van der Waals surface area contributed by atoms with Gasteiger partial charge < -0.3 is 25.0 Å². The Kier molecular flexibility index (Phi) is 5.89. The number of phenols is 1. The molecule has 1 atom stereocenters. The van der Waals surface area contributed by atoms with Gasteiger partial charge in [0.25, 0.3) is 0 Å². The van der Waals surface area contributed by atoms with Crippen LogP contribution in [-0.4, -0.2) is 54.2 Å². The molecule has 4 rings (SSSR count). The number of benzene rings is 2. The number of aromatic nitrogens is 1. The zero-order valence-electron chi connectivity index (χ0n) is 16.2. The Bertz CT molecular complexity index is 1030. The minimum Gasteiger partial charge on any atom is -0.508 e. The van der Waals surface area contributed by atoms with Gasteiger partial charge in [0.15, 0.2) is 0 Å². The number of amides is 1. The van der Waals surface area contributed by atoms with Crippen molar-refractivity contribution in [1.29, 1.82) is 0 Å². The molecule has 1 aliphatic rings. The lowest BCUT2D eigenvalue weighted by Crippen LogP contribution is -2.45. The number of carbonyl (C=O) groups is 1. The summed E-state index contributed by atoms with van der Waals surface area (Å²) in [7, 11) is 1.64. The van der Waals surface area contributed by atoms with Gasteiger partial charge in [-0.25, -0.2) is 0 Å². The molecule has 0 radical (unpaired) electrons. The molecule has 3 aromatic rings. The second-order valence-electron chi connectivity index (χ2n) is 7.21. The van der Waals surface area contributed by atoms with Crippen LogP contribution in [0, 0.1) is 0 Å². The van der Waals surface area contributed by atoms with Crippen LogP contribution in [-0.2, 0) is 16.0 Å². The van der Waals surface area contributed by atoms with Crippen molar-refractivity contribution in [3.05, 3.63) is 63.8 Å². The smallest absolute Gasteiger partial charge is 0.237 e. The average Bonchev–Trinajstić information content (AvgIpc) is 3.08. The summed E-state index contributed by atoms with van der Waals surface area (Å²) >= 11 is 3.56. The Morgan fingerprint density at radius 2 is 2.21 bits per heavy atom. The van der Waals surface area contributed by atoms with Crippen LogP contribution in [0.15, 0.2) is 46.9 Å². The number of fused-ring (bicyclic) bond motifs is 3. The number of aromatic amines is 1. The van der Waals surface area contributed by atoms with Crippen LogP contribution in [0.5, 0.6) is 5.75 Å². The van der Waals surface area contributed by atoms with E-state index in [0.29, 0.717) is 19.7 Å². The molecule has 0 saturated heterocycles. The quantitative estimate of drug-likeness (QED) is 0.496. The van der Waals surface area contributed by atoms with E-state index in [1.165, 1.54) is 10.9 Å². The van der Waals surface area contributed by atoms with E-state index in [1.807, 2.05) is 23.1 Å². The molecule has 1 aliphatic heterocycles. The molecule has 2 aromatic carbocycles. The molecule has 1 amide bonds. The fraction of sp³-hybridized carbons (Fsp3) is 0.318. The Labute approximate surface area is 178 Å². The van der Waals surface area contributed by atoms with Crippen molar-refractivity contribution >= 4 is 32.7 Å². The number of nitrogens with zero attached hydrogens (tertiary/aromatic N) is 1. The van der Waals surface area contributed by atoms with Gasteiger partial charge in [-0.2, -0.15) is 0 Å². The lowest BCUT2D eigenvalue weighted by atomic mass is 9.92. The van der Waals surface area contributed by atoms with Crippen molar-refractivity contribution in [3.63, 3.8) is 0 Å². The van der Waals surface area contributed by atoms with Crippen molar-refractivity contribution in [2.24, 2.45) is 0 Å². The Morgan fingerprint density at radius 1 is 1.34 bits per heavy atom. The first-order valence-electron chi connectivity index (χ1n) is 9.66. The van der Waals surface area contributed by atoms with Gasteiger partial charge >= 0.3 is 0 Å². The maximum atomic E-state index is 13.0. The van der Waals surface area contributed by atoms with E-state index in [-0.39, 0.29) is 24.2 Å². The highest BCUT2D eigenvalue weighted by Crippen LogP contribution is 2.39. The monoisotopic (exact) mass is 457 g/mol. The molecule has 152 valence electrons. The van der Waals surface area contributed by atoms with Gasteiger partial charge in [-0.15, -0.1) is 0 Å². The molecule has 6 nitrogen and oxygen atoms in total. The van der Waals surface area contributed by atoms with Crippen LogP contribution in [0.25, 0.3) is 10.9 Å². The van der Waals surface area contributed by atoms with Crippen molar-refractivity contribution < 1.29 is 14.6 Å². The van der Waals surface area contributed by atoms with Gasteiger partial charge in [0, 0.05) is 41.3 Å². The topological polar surface area (TPSA) is 77.6 Å². The minimum absolute atomic E-state index is 0.0277. The molecule has 2 heterocycles. The molecule has 1 unspecified atom stereocenters. The predicted octanol–water partition coefficient (Wildman–Crippen LogP) is 3.35. The highest BCUT2D eigenvalue weighted by Gasteiger charge is 2.34. The third kappa shape index (κ3) is 4.03. The summed E-state index contributed by atoms with van der Waals surface area (Å²) in [5.41, 5.74) is 4.18. The lowest BCUT2D eigenvalue weighted by molar-refractivity contribution is -0.132. The summed E-state index contributed by atoms with van der Waals surface area (Å²) in [5, 5.41) is 14.4. The molecular formula is C22H24BrN3O3. The number of H-pyrrole nitrogens is 1. The van der Waals surface area contributed by atoms with E-state index in [1.54, 1.807) is 19.2 Å². The molecule has 0 fully saturated rings. The maximum absolute atomic E-state index is 13.0. The standard InChI is InChI=1S/C22H24BrN3O3/c1-29-10-8-24-13-20(28)26-9-7-17-18-12-15(23)5-6-19(18)25-21(17)22(26)14-3-2-4-16(27)11-14/h2-6,11-12,22,24-25,27H,7-10,13H2,1H3. The zero-order chi connectivity index (χ0) is 20.4. The predicted molar refractivity (Wildman–Crippen MR) is 116 cm³/mol.